The lowest BCUT2D eigenvalue weighted by Crippen LogP contribution is -2.56. The van der Waals surface area contributed by atoms with Gasteiger partial charge in [-0.1, -0.05) is 25.1 Å². The molecular weight excluding hydrogens is 462 g/mol. The third-order valence-electron chi connectivity index (χ3n) is 7.76. The topological polar surface area (TPSA) is 117 Å². The fourth-order valence-corrected chi connectivity index (χ4v) is 6.13. The molecule has 3 aliphatic rings. The van der Waals surface area contributed by atoms with E-state index in [-0.39, 0.29) is 18.4 Å². The molecule has 3 fully saturated rings. The van der Waals surface area contributed by atoms with Crippen LogP contribution >= 0.6 is 0 Å². The molecule has 3 saturated heterocycles. The largest absolute Gasteiger partial charge is 0.497 e. The van der Waals surface area contributed by atoms with Crippen molar-refractivity contribution >= 4 is 29.1 Å². The Morgan fingerprint density at radius 3 is 2.42 bits per heavy atom. The number of likely N-dealkylation sites (tertiary alicyclic amines) is 1. The van der Waals surface area contributed by atoms with Crippen LogP contribution in [-0.4, -0.2) is 65.2 Å². The Morgan fingerprint density at radius 1 is 1.11 bits per heavy atom. The molecule has 2 bridgehead atoms. The number of para-hydroxylation sites is 1. The highest BCUT2D eigenvalue weighted by molar-refractivity contribution is 6.05. The minimum Gasteiger partial charge on any atom is -0.497 e. The number of carbonyl (C=O) groups is 3. The number of amides is 3. The summed E-state index contributed by atoms with van der Waals surface area (Å²) < 4.78 is 11.6. The summed E-state index contributed by atoms with van der Waals surface area (Å²) in [6.07, 6.45) is 1.08. The molecule has 0 aliphatic carbocycles. The lowest BCUT2D eigenvalue weighted by atomic mass is 9.70. The summed E-state index contributed by atoms with van der Waals surface area (Å²) in [4.78, 5) is 42.5. The molecule has 9 nitrogen and oxygen atoms in total. The predicted octanol–water partition coefficient (Wildman–Crippen LogP) is 2.42. The van der Waals surface area contributed by atoms with Gasteiger partial charge in [-0.15, -0.1) is 0 Å². The van der Waals surface area contributed by atoms with Crippen LogP contribution in [-0.2, 0) is 19.1 Å². The fourth-order valence-electron chi connectivity index (χ4n) is 6.13. The molecule has 3 heterocycles. The first-order chi connectivity index (χ1) is 17.4. The number of nitrogens with one attached hydrogen (secondary N) is 2. The third kappa shape index (κ3) is 3.83. The zero-order chi connectivity index (χ0) is 25.4. The van der Waals surface area contributed by atoms with E-state index in [0.29, 0.717) is 36.4 Å². The molecule has 1 spiro atoms. The Hall–Kier alpha value is -3.43. The van der Waals surface area contributed by atoms with Crippen molar-refractivity contribution in [1.29, 1.82) is 0 Å². The molecule has 6 atom stereocenters. The van der Waals surface area contributed by atoms with Crippen molar-refractivity contribution < 1.29 is 29.0 Å². The van der Waals surface area contributed by atoms with Crippen molar-refractivity contribution in [2.45, 2.75) is 50.0 Å². The van der Waals surface area contributed by atoms with E-state index in [1.807, 2.05) is 25.1 Å². The van der Waals surface area contributed by atoms with E-state index in [4.69, 9.17) is 9.47 Å². The monoisotopic (exact) mass is 493 g/mol. The number of benzene rings is 2. The molecular formula is C27H31N3O6. The highest BCUT2D eigenvalue weighted by Gasteiger charge is 2.75. The number of aliphatic hydroxyl groups is 1. The van der Waals surface area contributed by atoms with Gasteiger partial charge in [0, 0.05) is 11.4 Å². The van der Waals surface area contributed by atoms with Crippen molar-refractivity contribution in [2.24, 2.45) is 11.8 Å². The van der Waals surface area contributed by atoms with Crippen molar-refractivity contribution in [3.05, 3.63) is 54.6 Å². The molecule has 190 valence electrons. The van der Waals surface area contributed by atoms with Crippen molar-refractivity contribution in [1.82, 2.24) is 4.90 Å². The summed E-state index contributed by atoms with van der Waals surface area (Å²) in [5.74, 6) is -1.87. The van der Waals surface area contributed by atoms with E-state index in [9.17, 15) is 19.5 Å². The van der Waals surface area contributed by atoms with Gasteiger partial charge in [-0.3, -0.25) is 14.4 Å². The van der Waals surface area contributed by atoms with Gasteiger partial charge in [0.15, 0.2) is 0 Å². The van der Waals surface area contributed by atoms with Gasteiger partial charge in [-0.25, -0.2) is 0 Å². The molecule has 2 aromatic carbocycles. The summed E-state index contributed by atoms with van der Waals surface area (Å²) in [6.45, 7) is 1.57. The van der Waals surface area contributed by atoms with Crippen molar-refractivity contribution in [2.75, 3.05) is 24.4 Å². The van der Waals surface area contributed by atoms with Gasteiger partial charge in [0.25, 0.3) is 0 Å². The minimum absolute atomic E-state index is 0.290. The molecule has 0 aromatic heterocycles. The summed E-state index contributed by atoms with van der Waals surface area (Å²) in [5, 5.41) is 15.9. The Labute approximate surface area is 209 Å². The van der Waals surface area contributed by atoms with Gasteiger partial charge in [-0.2, -0.15) is 0 Å². The van der Waals surface area contributed by atoms with Crippen LogP contribution < -0.4 is 15.4 Å². The lowest BCUT2D eigenvalue weighted by molar-refractivity contribution is -0.143. The number of anilines is 2. The van der Waals surface area contributed by atoms with Gasteiger partial charge in [0.1, 0.15) is 17.4 Å². The molecule has 5 rings (SSSR count). The van der Waals surface area contributed by atoms with Gasteiger partial charge in [0.05, 0.1) is 37.7 Å². The maximum absolute atomic E-state index is 13.9. The van der Waals surface area contributed by atoms with Crippen LogP contribution in [0.5, 0.6) is 5.75 Å². The minimum atomic E-state index is -1.13. The number of nitrogens with zero attached hydrogens (tertiary/aromatic N) is 1. The smallest absolute Gasteiger partial charge is 0.250 e. The van der Waals surface area contributed by atoms with Gasteiger partial charge >= 0.3 is 0 Å². The Balaban J connectivity index is 1.48. The number of hydrogen-bond donors (Lipinski definition) is 3. The quantitative estimate of drug-likeness (QED) is 0.520. The zero-order valence-corrected chi connectivity index (χ0v) is 20.3. The van der Waals surface area contributed by atoms with Crippen LogP contribution in [0.25, 0.3) is 0 Å². The van der Waals surface area contributed by atoms with Gasteiger partial charge in [-0.05, 0) is 55.7 Å². The van der Waals surface area contributed by atoms with E-state index >= 15 is 0 Å². The number of aliphatic hydroxyl groups excluding tert-OH is 1. The second-order valence-corrected chi connectivity index (χ2v) is 9.62. The maximum atomic E-state index is 13.9. The Kier molecular flexibility index (Phi) is 6.44. The third-order valence-corrected chi connectivity index (χ3v) is 7.76. The number of rotatable bonds is 8. The number of fused-ring (bicyclic) bond motifs is 1. The maximum Gasteiger partial charge on any atom is 0.250 e. The first-order valence-corrected chi connectivity index (χ1v) is 12.3. The van der Waals surface area contributed by atoms with E-state index in [2.05, 4.69) is 10.6 Å². The van der Waals surface area contributed by atoms with Gasteiger partial charge in [0.2, 0.25) is 17.7 Å². The molecule has 0 saturated carbocycles. The predicted molar refractivity (Wildman–Crippen MR) is 132 cm³/mol. The van der Waals surface area contributed by atoms with Crippen molar-refractivity contribution in [3.8, 4) is 5.75 Å². The van der Waals surface area contributed by atoms with E-state index in [1.54, 1.807) is 43.5 Å². The van der Waals surface area contributed by atoms with E-state index in [1.165, 1.54) is 4.90 Å². The number of methoxy groups -OCH3 is 1. The molecule has 2 unspecified atom stereocenters. The molecule has 9 heteroatoms. The molecule has 3 aliphatic heterocycles. The normalized spacial score (nSPS) is 29.1. The van der Waals surface area contributed by atoms with Crippen LogP contribution in [0.1, 0.15) is 26.2 Å². The van der Waals surface area contributed by atoms with Crippen LogP contribution in [0.2, 0.25) is 0 Å². The Morgan fingerprint density at radius 2 is 1.78 bits per heavy atom. The standard InChI is InChI=1S/C27H31N3O6/c1-3-18(15-31)30-23(25(33)29-17-9-11-19(35-2)12-10-17)27-14-13-20(36-27)21(22(27)26(30)34)24(32)28-16-7-5-4-6-8-16/h4-12,18,20-23,31H,3,13-15H2,1-2H3,(H,28,32)(H,29,33)/t18-,20+,21-,22-,23?,27?/m0/s1. The first kappa shape index (κ1) is 24.3. The molecule has 3 amide bonds. The fraction of sp³-hybridized carbons (Fsp3) is 0.444. The summed E-state index contributed by atoms with van der Waals surface area (Å²) in [6, 6.07) is 14.5. The first-order valence-electron chi connectivity index (χ1n) is 12.3. The summed E-state index contributed by atoms with van der Waals surface area (Å²) >= 11 is 0. The second-order valence-electron chi connectivity index (χ2n) is 9.62. The summed E-state index contributed by atoms with van der Waals surface area (Å²) in [5.41, 5.74) is 0.0628. The average molecular weight is 494 g/mol. The van der Waals surface area contributed by atoms with Crippen LogP contribution in [0.4, 0.5) is 11.4 Å². The second kappa shape index (κ2) is 9.55. The molecule has 2 aromatic rings. The van der Waals surface area contributed by atoms with Crippen LogP contribution in [0.15, 0.2) is 54.6 Å². The Bertz CT molecular complexity index is 1140. The number of carbonyl (C=O) groups excluding carboxylic acids is 3. The van der Waals surface area contributed by atoms with E-state index in [0.717, 1.165) is 0 Å². The highest BCUT2D eigenvalue weighted by Crippen LogP contribution is 2.59. The molecule has 0 radical (unpaired) electrons. The van der Waals surface area contributed by atoms with Crippen LogP contribution in [0.3, 0.4) is 0 Å². The zero-order valence-electron chi connectivity index (χ0n) is 20.3. The molecule has 3 N–H and O–H groups in total. The lowest BCUT2D eigenvalue weighted by Gasteiger charge is -2.36. The van der Waals surface area contributed by atoms with Crippen molar-refractivity contribution in [3.63, 3.8) is 0 Å². The highest BCUT2D eigenvalue weighted by atomic mass is 16.5. The number of hydrogen-bond acceptors (Lipinski definition) is 6. The summed E-state index contributed by atoms with van der Waals surface area (Å²) in [7, 11) is 1.56. The SMILES string of the molecule is CC[C@@H](CO)N1C(=O)[C@@H]2[C@@H](C(=O)Nc3ccccc3)[C@H]3CCC2(O3)C1C(=O)Nc1ccc(OC)cc1. The number of ether oxygens (including phenoxy) is 2. The van der Waals surface area contributed by atoms with Crippen LogP contribution in [0, 0.1) is 11.8 Å². The van der Waals surface area contributed by atoms with E-state index < -0.39 is 41.5 Å². The molecule has 36 heavy (non-hydrogen) atoms. The van der Waals surface area contributed by atoms with Gasteiger partial charge < -0.3 is 30.1 Å². The average Bonchev–Trinajstić information content (AvgIpc) is 3.53.